The Kier molecular flexibility index (Phi) is 4.88. The molecule has 5 nitrogen and oxygen atoms in total. The fraction of sp³-hybridized carbons (Fsp3) is 0.235. The number of carbonyl (C=O) groups is 1. The number of imidazole rings is 1. The van der Waals surface area contributed by atoms with Gasteiger partial charge in [-0.05, 0) is 30.2 Å². The van der Waals surface area contributed by atoms with E-state index < -0.39 is 0 Å². The van der Waals surface area contributed by atoms with Crippen LogP contribution in [-0.2, 0) is 17.8 Å². The van der Waals surface area contributed by atoms with Crippen LogP contribution in [-0.4, -0.2) is 27.0 Å². The SMILES string of the molecule is O=C(Cc1ccc(Cl)nc1)NCCCn1cnc2ccccc21. The number of pyridine rings is 1. The number of fused-ring (bicyclic) bond motifs is 1. The van der Waals surface area contributed by atoms with Gasteiger partial charge in [0.1, 0.15) is 5.15 Å². The maximum Gasteiger partial charge on any atom is 0.224 e. The van der Waals surface area contributed by atoms with Gasteiger partial charge in [0.05, 0.1) is 23.8 Å². The highest BCUT2D eigenvalue weighted by atomic mass is 35.5. The van der Waals surface area contributed by atoms with Gasteiger partial charge in [0, 0.05) is 19.3 Å². The second-order valence-corrected chi connectivity index (χ2v) is 5.68. The highest BCUT2D eigenvalue weighted by molar-refractivity contribution is 6.29. The number of hydrogen-bond acceptors (Lipinski definition) is 3. The largest absolute Gasteiger partial charge is 0.356 e. The molecule has 1 amide bonds. The van der Waals surface area contributed by atoms with Gasteiger partial charge in [-0.25, -0.2) is 9.97 Å². The van der Waals surface area contributed by atoms with Crippen molar-refractivity contribution < 1.29 is 4.79 Å². The van der Waals surface area contributed by atoms with E-state index in [0.29, 0.717) is 18.1 Å². The molecule has 3 aromatic rings. The molecule has 2 aromatic heterocycles. The zero-order valence-corrected chi connectivity index (χ0v) is 13.3. The lowest BCUT2D eigenvalue weighted by molar-refractivity contribution is -0.120. The third-order valence-corrected chi connectivity index (χ3v) is 3.80. The molecule has 0 aliphatic rings. The van der Waals surface area contributed by atoms with Crippen molar-refractivity contribution >= 4 is 28.5 Å². The van der Waals surface area contributed by atoms with Crippen molar-refractivity contribution in [1.82, 2.24) is 19.9 Å². The number of benzene rings is 1. The van der Waals surface area contributed by atoms with Crippen LogP contribution < -0.4 is 5.32 Å². The summed E-state index contributed by atoms with van der Waals surface area (Å²) in [4.78, 5) is 20.2. The molecule has 1 aromatic carbocycles. The van der Waals surface area contributed by atoms with Gasteiger partial charge in [0.15, 0.2) is 0 Å². The lowest BCUT2D eigenvalue weighted by atomic mass is 10.2. The molecule has 1 N–H and O–H groups in total. The van der Waals surface area contributed by atoms with E-state index >= 15 is 0 Å². The van der Waals surface area contributed by atoms with Gasteiger partial charge in [-0.1, -0.05) is 29.8 Å². The monoisotopic (exact) mass is 328 g/mol. The number of aromatic nitrogens is 3. The maximum atomic E-state index is 11.9. The number of para-hydroxylation sites is 2. The molecule has 0 atom stereocenters. The molecule has 23 heavy (non-hydrogen) atoms. The van der Waals surface area contributed by atoms with Crippen molar-refractivity contribution in [2.24, 2.45) is 0 Å². The summed E-state index contributed by atoms with van der Waals surface area (Å²) in [6.45, 7) is 1.45. The van der Waals surface area contributed by atoms with E-state index in [-0.39, 0.29) is 5.91 Å². The zero-order valence-electron chi connectivity index (χ0n) is 12.6. The summed E-state index contributed by atoms with van der Waals surface area (Å²) < 4.78 is 2.10. The normalized spacial score (nSPS) is 10.8. The Morgan fingerprint density at radius 1 is 1.17 bits per heavy atom. The molecule has 2 heterocycles. The van der Waals surface area contributed by atoms with Crippen LogP contribution in [0, 0.1) is 0 Å². The molecule has 0 aliphatic heterocycles. The summed E-state index contributed by atoms with van der Waals surface area (Å²) in [6.07, 6.45) is 4.63. The fourth-order valence-electron chi connectivity index (χ4n) is 2.42. The van der Waals surface area contributed by atoms with E-state index in [1.807, 2.05) is 30.6 Å². The zero-order chi connectivity index (χ0) is 16.1. The number of halogens is 1. The predicted octanol–water partition coefficient (Wildman–Crippen LogP) is 2.83. The molecule has 0 fully saturated rings. The molecule has 0 saturated carbocycles. The standard InChI is InChI=1S/C17H17ClN4O/c18-16-7-6-13(11-20-16)10-17(23)19-8-3-9-22-12-21-14-4-1-2-5-15(14)22/h1-2,4-7,11-12H,3,8-10H2,(H,19,23). The van der Waals surface area contributed by atoms with Gasteiger partial charge in [0.25, 0.3) is 0 Å². The van der Waals surface area contributed by atoms with Gasteiger partial charge in [-0.3, -0.25) is 4.79 Å². The maximum absolute atomic E-state index is 11.9. The number of nitrogens with zero attached hydrogens (tertiary/aromatic N) is 3. The Hall–Kier alpha value is -2.40. The second kappa shape index (κ2) is 7.24. The highest BCUT2D eigenvalue weighted by Gasteiger charge is 2.04. The van der Waals surface area contributed by atoms with E-state index in [4.69, 9.17) is 11.6 Å². The third kappa shape index (κ3) is 4.07. The van der Waals surface area contributed by atoms with Crippen LogP contribution in [0.25, 0.3) is 11.0 Å². The Morgan fingerprint density at radius 2 is 2.04 bits per heavy atom. The molecule has 0 aliphatic carbocycles. The highest BCUT2D eigenvalue weighted by Crippen LogP contribution is 2.11. The van der Waals surface area contributed by atoms with Crippen LogP contribution >= 0.6 is 11.6 Å². The number of hydrogen-bond donors (Lipinski definition) is 1. The predicted molar refractivity (Wildman–Crippen MR) is 90.3 cm³/mol. The average Bonchev–Trinajstić information content (AvgIpc) is 2.97. The minimum atomic E-state index is -0.00962. The molecule has 6 heteroatoms. The van der Waals surface area contributed by atoms with Crippen LogP contribution in [0.1, 0.15) is 12.0 Å². The number of nitrogens with one attached hydrogen (secondary N) is 1. The number of carbonyl (C=O) groups excluding carboxylic acids is 1. The first kappa shape index (κ1) is 15.5. The minimum absolute atomic E-state index is 0.00962. The molecule has 0 spiro atoms. The van der Waals surface area contributed by atoms with Gasteiger partial charge in [-0.15, -0.1) is 0 Å². The Bertz CT molecular complexity index is 798. The van der Waals surface area contributed by atoms with Crippen molar-refractivity contribution in [2.45, 2.75) is 19.4 Å². The quantitative estimate of drug-likeness (QED) is 0.559. The van der Waals surface area contributed by atoms with Crippen LogP contribution in [0.4, 0.5) is 0 Å². The van der Waals surface area contributed by atoms with Gasteiger partial charge in [-0.2, -0.15) is 0 Å². The van der Waals surface area contributed by atoms with E-state index in [2.05, 4.69) is 25.9 Å². The van der Waals surface area contributed by atoms with Crippen molar-refractivity contribution in [3.8, 4) is 0 Å². The number of rotatable bonds is 6. The minimum Gasteiger partial charge on any atom is -0.356 e. The third-order valence-electron chi connectivity index (χ3n) is 3.58. The topological polar surface area (TPSA) is 59.8 Å². The molecule has 3 rings (SSSR count). The lowest BCUT2D eigenvalue weighted by Gasteiger charge is -2.07. The van der Waals surface area contributed by atoms with Crippen molar-refractivity contribution in [3.05, 3.63) is 59.6 Å². The first-order chi connectivity index (χ1) is 11.2. The van der Waals surface area contributed by atoms with E-state index in [9.17, 15) is 4.79 Å². The summed E-state index contributed by atoms with van der Waals surface area (Å²) in [5.74, 6) is -0.00962. The van der Waals surface area contributed by atoms with E-state index in [1.165, 1.54) is 0 Å². The van der Waals surface area contributed by atoms with Crippen LogP contribution in [0.15, 0.2) is 48.9 Å². The van der Waals surface area contributed by atoms with Crippen LogP contribution in [0.5, 0.6) is 0 Å². The first-order valence-corrected chi connectivity index (χ1v) is 7.87. The molecular formula is C17H17ClN4O. The summed E-state index contributed by atoms with van der Waals surface area (Å²) in [6, 6.07) is 11.5. The number of aryl methyl sites for hydroxylation is 1. The van der Waals surface area contributed by atoms with Crippen molar-refractivity contribution in [3.63, 3.8) is 0 Å². The first-order valence-electron chi connectivity index (χ1n) is 7.49. The smallest absolute Gasteiger partial charge is 0.224 e. The van der Waals surface area contributed by atoms with Crippen LogP contribution in [0.3, 0.4) is 0 Å². The summed E-state index contributed by atoms with van der Waals surface area (Å²) >= 11 is 5.72. The van der Waals surface area contributed by atoms with Crippen molar-refractivity contribution in [2.75, 3.05) is 6.54 Å². The fourth-order valence-corrected chi connectivity index (χ4v) is 2.54. The summed E-state index contributed by atoms with van der Waals surface area (Å²) in [5, 5.41) is 3.35. The van der Waals surface area contributed by atoms with E-state index in [0.717, 1.165) is 29.6 Å². The Balaban J connectivity index is 1.44. The molecule has 0 radical (unpaired) electrons. The van der Waals surface area contributed by atoms with Gasteiger partial charge < -0.3 is 9.88 Å². The number of amides is 1. The van der Waals surface area contributed by atoms with Gasteiger partial charge in [0.2, 0.25) is 5.91 Å². The molecule has 0 saturated heterocycles. The Labute approximate surface area is 139 Å². The molecule has 118 valence electrons. The summed E-state index contributed by atoms with van der Waals surface area (Å²) in [5.41, 5.74) is 2.96. The van der Waals surface area contributed by atoms with Crippen molar-refractivity contribution in [1.29, 1.82) is 0 Å². The van der Waals surface area contributed by atoms with Crippen LogP contribution in [0.2, 0.25) is 5.15 Å². The Morgan fingerprint density at radius 3 is 2.87 bits per heavy atom. The second-order valence-electron chi connectivity index (χ2n) is 5.30. The average molecular weight is 329 g/mol. The molecule has 0 bridgehead atoms. The lowest BCUT2D eigenvalue weighted by Crippen LogP contribution is -2.26. The summed E-state index contributed by atoms with van der Waals surface area (Å²) in [7, 11) is 0. The van der Waals surface area contributed by atoms with E-state index in [1.54, 1.807) is 12.3 Å². The van der Waals surface area contributed by atoms with Gasteiger partial charge >= 0.3 is 0 Å². The molecule has 0 unspecified atom stereocenters. The molecular weight excluding hydrogens is 312 g/mol.